The van der Waals surface area contributed by atoms with E-state index in [-0.39, 0.29) is 5.02 Å². The Hall–Kier alpha value is -1.73. The topological polar surface area (TPSA) is 65.5 Å². The first-order valence-electron chi connectivity index (χ1n) is 7.43. The van der Waals surface area contributed by atoms with Gasteiger partial charge in [-0.2, -0.15) is 0 Å². The highest BCUT2D eigenvalue weighted by Gasteiger charge is 2.38. The van der Waals surface area contributed by atoms with Crippen molar-refractivity contribution in [2.24, 2.45) is 0 Å². The van der Waals surface area contributed by atoms with Crippen molar-refractivity contribution in [2.45, 2.75) is 38.7 Å². The maximum atomic E-state index is 13.6. The number of aromatic nitrogens is 1. The van der Waals surface area contributed by atoms with Crippen LogP contribution < -0.4 is 0 Å². The molecule has 0 saturated heterocycles. The summed E-state index contributed by atoms with van der Waals surface area (Å²) in [7, 11) is 1.11. The Morgan fingerprint density at radius 3 is 2.67 bits per heavy atom. The molecule has 24 heavy (non-hydrogen) atoms. The number of carbonyl (C=O) groups excluding carboxylic acids is 2. The molecule has 2 rings (SSSR count). The molecule has 0 spiro atoms. The fraction of sp³-hybridized carbons (Fsp3) is 0.438. The average molecular weight is 374 g/mol. The van der Waals surface area contributed by atoms with Gasteiger partial charge >= 0.3 is 11.9 Å². The quantitative estimate of drug-likeness (QED) is 0.580. The van der Waals surface area contributed by atoms with E-state index in [0.29, 0.717) is 34.4 Å². The first-order chi connectivity index (χ1) is 11.4. The molecule has 2 aromatic rings. The molecule has 0 N–H and O–H groups in total. The van der Waals surface area contributed by atoms with E-state index in [1.807, 2.05) is 13.8 Å². The SMILES string of the molecule is CCCC(CC)(OC(=O)C(=O)OC)c1cc2c(Cl)c(F)cnc2s1. The van der Waals surface area contributed by atoms with Crippen molar-refractivity contribution in [3.63, 3.8) is 0 Å². The summed E-state index contributed by atoms with van der Waals surface area (Å²) < 4.78 is 23.5. The summed E-state index contributed by atoms with van der Waals surface area (Å²) >= 11 is 7.26. The molecule has 5 nitrogen and oxygen atoms in total. The van der Waals surface area contributed by atoms with Crippen LogP contribution in [0.4, 0.5) is 4.39 Å². The fourth-order valence-electron chi connectivity index (χ4n) is 2.51. The van der Waals surface area contributed by atoms with Crippen LogP contribution in [0, 0.1) is 5.82 Å². The number of carbonyl (C=O) groups is 2. The van der Waals surface area contributed by atoms with E-state index in [1.165, 1.54) is 11.3 Å². The number of esters is 2. The van der Waals surface area contributed by atoms with Crippen LogP contribution in [0.15, 0.2) is 12.3 Å². The largest absolute Gasteiger partial charge is 0.461 e. The smallest absolute Gasteiger partial charge is 0.418 e. The number of hydrogen-bond donors (Lipinski definition) is 0. The number of thiophene rings is 1. The molecular formula is C16H17ClFNO4S. The highest BCUT2D eigenvalue weighted by molar-refractivity contribution is 7.18. The van der Waals surface area contributed by atoms with Gasteiger partial charge in [0, 0.05) is 5.39 Å². The lowest BCUT2D eigenvalue weighted by atomic mass is 9.92. The molecule has 0 aliphatic heterocycles. The predicted octanol–water partition coefficient (Wildman–Crippen LogP) is 4.21. The van der Waals surface area contributed by atoms with Crippen LogP contribution in [-0.2, 0) is 24.7 Å². The molecule has 1 unspecified atom stereocenters. The van der Waals surface area contributed by atoms with Gasteiger partial charge in [-0.25, -0.2) is 19.0 Å². The summed E-state index contributed by atoms with van der Waals surface area (Å²) in [6.07, 6.45) is 2.71. The Bertz CT molecular complexity index is 779. The summed E-state index contributed by atoms with van der Waals surface area (Å²) in [5, 5.41) is 0.433. The van der Waals surface area contributed by atoms with Crippen molar-refractivity contribution in [3.8, 4) is 0 Å². The Morgan fingerprint density at radius 1 is 1.38 bits per heavy atom. The zero-order valence-electron chi connectivity index (χ0n) is 13.5. The van der Waals surface area contributed by atoms with Crippen LogP contribution in [0.2, 0.25) is 5.02 Å². The van der Waals surface area contributed by atoms with Crippen LogP contribution in [0.5, 0.6) is 0 Å². The number of nitrogens with zero attached hydrogens (tertiary/aromatic N) is 1. The van der Waals surface area contributed by atoms with Gasteiger partial charge < -0.3 is 9.47 Å². The minimum absolute atomic E-state index is 0.0247. The fourth-order valence-corrected chi connectivity index (χ4v) is 4.00. The van der Waals surface area contributed by atoms with Crippen LogP contribution in [0.1, 0.15) is 38.0 Å². The standard InChI is InChI=1S/C16H17ClFNO4S/c1-4-6-16(5-2,23-15(21)14(20)22-3)11-7-9-12(17)10(18)8-19-13(9)24-11/h7-8H,4-6H2,1-3H3. The predicted molar refractivity (Wildman–Crippen MR) is 89.6 cm³/mol. The van der Waals surface area contributed by atoms with E-state index < -0.39 is 23.4 Å². The highest BCUT2D eigenvalue weighted by Crippen LogP contribution is 2.42. The van der Waals surface area contributed by atoms with Crippen molar-refractivity contribution in [1.82, 2.24) is 4.98 Å². The van der Waals surface area contributed by atoms with Gasteiger partial charge in [0.1, 0.15) is 10.4 Å². The number of fused-ring (bicyclic) bond motifs is 1. The van der Waals surface area contributed by atoms with E-state index in [4.69, 9.17) is 16.3 Å². The lowest BCUT2D eigenvalue weighted by molar-refractivity contribution is -0.178. The number of hydrogen-bond acceptors (Lipinski definition) is 6. The normalized spacial score (nSPS) is 13.5. The van der Waals surface area contributed by atoms with Gasteiger partial charge in [-0.3, -0.25) is 0 Å². The molecule has 8 heteroatoms. The zero-order valence-corrected chi connectivity index (χ0v) is 15.1. The minimum Gasteiger partial charge on any atom is -0.461 e. The van der Waals surface area contributed by atoms with Gasteiger partial charge in [-0.15, -0.1) is 11.3 Å². The number of ether oxygens (including phenoxy) is 2. The van der Waals surface area contributed by atoms with Gasteiger partial charge in [0.15, 0.2) is 5.82 Å². The van der Waals surface area contributed by atoms with Crippen LogP contribution in [-0.4, -0.2) is 24.0 Å². The van der Waals surface area contributed by atoms with E-state index in [0.717, 1.165) is 13.3 Å². The number of halogens is 2. The molecule has 0 fully saturated rings. The second kappa shape index (κ2) is 7.44. The van der Waals surface area contributed by atoms with Gasteiger partial charge in [-0.05, 0) is 18.9 Å². The molecule has 0 aliphatic rings. The number of methoxy groups -OCH3 is 1. The summed E-state index contributed by atoms with van der Waals surface area (Å²) in [5.74, 6) is -2.74. The van der Waals surface area contributed by atoms with Crippen molar-refractivity contribution in [3.05, 3.63) is 28.0 Å². The van der Waals surface area contributed by atoms with E-state index in [1.54, 1.807) is 6.07 Å². The summed E-state index contributed by atoms with van der Waals surface area (Å²) in [6.45, 7) is 3.79. The lowest BCUT2D eigenvalue weighted by Gasteiger charge is -2.30. The Labute approximate surface area is 147 Å². The molecule has 0 saturated carbocycles. The van der Waals surface area contributed by atoms with E-state index >= 15 is 0 Å². The van der Waals surface area contributed by atoms with Crippen molar-refractivity contribution < 1.29 is 23.5 Å². The van der Waals surface area contributed by atoms with Gasteiger partial charge in [-0.1, -0.05) is 31.9 Å². The summed E-state index contributed by atoms with van der Waals surface area (Å²) in [5.41, 5.74) is -1.01. The highest BCUT2D eigenvalue weighted by atomic mass is 35.5. The maximum absolute atomic E-state index is 13.6. The van der Waals surface area contributed by atoms with Crippen LogP contribution >= 0.6 is 22.9 Å². The summed E-state index contributed by atoms with van der Waals surface area (Å²) in [4.78, 5) is 28.6. The minimum atomic E-state index is -1.06. The van der Waals surface area contributed by atoms with Crippen LogP contribution in [0.25, 0.3) is 10.2 Å². The molecule has 2 heterocycles. The molecule has 0 aromatic carbocycles. The first-order valence-corrected chi connectivity index (χ1v) is 8.63. The molecular weight excluding hydrogens is 357 g/mol. The third-order valence-corrected chi connectivity index (χ3v) is 5.38. The number of rotatable bonds is 5. The molecule has 0 radical (unpaired) electrons. The van der Waals surface area contributed by atoms with Gasteiger partial charge in [0.25, 0.3) is 0 Å². The summed E-state index contributed by atoms with van der Waals surface area (Å²) in [6, 6.07) is 1.67. The van der Waals surface area contributed by atoms with Crippen molar-refractivity contribution >= 4 is 45.1 Å². The Balaban J connectivity index is 2.53. The third kappa shape index (κ3) is 3.37. The molecule has 0 aliphatic carbocycles. The van der Waals surface area contributed by atoms with E-state index in [9.17, 15) is 14.0 Å². The third-order valence-electron chi connectivity index (χ3n) is 3.77. The van der Waals surface area contributed by atoms with Crippen LogP contribution in [0.3, 0.4) is 0 Å². The van der Waals surface area contributed by atoms with E-state index in [2.05, 4.69) is 9.72 Å². The monoisotopic (exact) mass is 373 g/mol. The molecule has 0 bridgehead atoms. The Kier molecular flexibility index (Phi) is 5.77. The second-order valence-electron chi connectivity index (χ2n) is 5.23. The number of pyridine rings is 1. The van der Waals surface area contributed by atoms with Gasteiger partial charge in [0.2, 0.25) is 0 Å². The molecule has 1 atom stereocenters. The molecule has 2 aromatic heterocycles. The molecule has 0 amide bonds. The maximum Gasteiger partial charge on any atom is 0.418 e. The second-order valence-corrected chi connectivity index (χ2v) is 6.64. The lowest BCUT2D eigenvalue weighted by Crippen LogP contribution is -2.34. The average Bonchev–Trinajstić information content (AvgIpc) is 3.02. The zero-order chi connectivity index (χ0) is 17.9. The van der Waals surface area contributed by atoms with Crippen molar-refractivity contribution in [2.75, 3.05) is 7.11 Å². The van der Waals surface area contributed by atoms with Crippen molar-refractivity contribution in [1.29, 1.82) is 0 Å². The first kappa shape index (κ1) is 18.6. The Morgan fingerprint density at radius 2 is 2.08 bits per heavy atom. The van der Waals surface area contributed by atoms with Gasteiger partial charge in [0.05, 0.1) is 23.2 Å². The molecule has 130 valence electrons.